The highest BCUT2D eigenvalue weighted by Crippen LogP contribution is 2.24. The summed E-state index contributed by atoms with van der Waals surface area (Å²) >= 11 is 0. The number of hydrogen-bond donors (Lipinski definition) is 2. The number of nitrogens with two attached hydrogens (primary N) is 1. The third-order valence-corrected chi connectivity index (χ3v) is 8.23. The summed E-state index contributed by atoms with van der Waals surface area (Å²) in [6.07, 6.45) is 4.54. The molecule has 10 heteroatoms. The second-order valence-electron chi connectivity index (χ2n) is 8.62. The molecular formula is C25H30N4O5S. The topological polar surface area (TPSA) is 122 Å². The molecule has 0 aliphatic carbocycles. The average molecular weight is 499 g/mol. The number of primary amides is 1. The summed E-state index contributed by atoms with van der Waals surface area (Å²) in [6, 6.07) is 14.0. The zero-order valence-corrected chi connectivity index (χ0v) is 20.2. The number of nitrogens with one attached hydrogen (secondary N) is 1. The molecule has 0 spiro atoms. The van der Waals surface area contributed by atoms with Crippen molar-refractivity contribution in [2.75, 3.05) is 49.6 Å². The normalized spacial score (nSPS) is 18.0. The van der Waals surface area contributed by atoms with Crippen molar-refractivity contribution in [3.63, 3.8) is 0 Å². The Morgan fingerprint density at radius 2 is 1.57 bits per heavy atom. The zero-order chi connectivity index (χ0) is 24.8. The second-order valence-corrected chi connectivity index (χ2v) is 10.6. The third-order valence-electron chi connectivity index (χ3n) is 6.31. The maximum Gasteiger partial charge on any atom is 0.248 e. The molecule has 0 radical (unpaired) electrons. The van der Waals surface area contributed by atoms with Crippen LogP contribution in [0.4, 0.5) is 11.4 Å². The number of amides is 2. The van der Waals surface area contributed by atoms with E-state index in [1.165, 1.54) is 10.4 Å². The van der Waals surface area contributed by atoms with E-state index in [0.29, 0.717) is 32.0 Å². The average Bonchev–Trinajstić information content (AvgIpc) is 2.89. The molecule has 4 rings (SSSR count). The third kappa shape index (κ3) is 6.27. The van der Waals surface area contributed by atoms with Crippen molar-refractivity contribution in [2.24, 2.45) is 11.7 Å². The first-order valence-electron chi connectivity index (χ1n) is 11.6. The molecule has 0 bridgehead atoms. The molecule has 2 saturated heterocycles. The van der Waals surface area contributed by atoms with Crippen LogP contribution in [0.2, 0.25) is 0 Å². The van der Waals surface area contributed by atoms with Crippen molar-refractivity contribution in [1.29, 1.82) is 0 Å². The van der Waals surface area contributed by atoms with Crippen LogP contribution in [0.15, 0.2) is 59.5 Å². The fourth-order valence-corrected chi connectivity index (χ4v) is 5.63. The highest BCUT2D eigenvalue weighted by Gasteiger charge is 2.26. The fourth-order valence-electron chi connectivity index (χ4n) is 4.22. The molecule has 2 heterocycles. The smallest absolute Gasteiger partial charge is 0.248 e. The lowest BCUT2D eigenvalue weighted by Gasteiger charge is -2.32. The van der Waals surface area contributed by atoms with Crippen LogP contribution in [0, 0.1) is 5.92 Å². The molecule has 186 valence electrons. The number of piperidine rings is 1. The maximum absolute atomic E-state index is 12.7. The predicted octanol–water partition coefficient (Wildman–Crippen LogP) is 2.06. The van der Waals surface area contributed by atoms with Gasteiger partial charge in [-0.05, 0) is 60.9 Å². The number of morpholine rings is 1. The minimum Gasteiger partial charge on any atom is -0.379 e. The monoisotopic (exact) mass is 498 g/mol. The van der Waals surface area contributed by atoms with Gasteiger partial charge in [0.05, 0.1) is 18.1 Å². The number of hydrogen-bond acceptors (Lipinski definition) is 6. The molecule has 2 aromatic carbocycles. The molecule has 0 aromatic heterocycles. The van der Waals surface area contributed by atoms with E-state index in [0.717, 1.165) is 37.2 Å². The molecule has 0 atom stereocenters. The Hall–Kier alpha value is -3.21. The molecule has 2 fully saturated rings. The number of benzene rings is 2. The number of carbonyl (C=O) groups excluding carboxylic acids is 2. The van der Waals surface area contributed by atoms with Gasteiger partial charge in [0.1, 0.15) is 0 Å². The first-order chi connectivity index (χ1) is 16.8. The van der Waals surface area contributed by atoms with Crippen LogP contribution < -0.4 is 16.0 Å². The van der Waals surface area contributed by atoms with Gasteiger partial charge in [-0.25, -0.2) is 8.42 Å². The Labute approximate surface area is 205 Å². The molecule has 3 N–H and O–H groups in total. The number of sulfonamides is 1. The Morgan fingerprint density at radius 3 is 2.17 bits per heavy atom. The molecule has 0 saturated carbocycles. The summed E-state index contributed by atoms with van der Waals surface area (Å²) in [5.74, 6) is -0.572. The van der Waals surface area contributed by atoms with Crippen molar-refractivity contribution in [1.82, 2.24) is 4.31 Å². The van der Waals surface area contributed by atoms with Crippen LogP contribution in [-0.2, 0) is 24.3 Å². The fraction of sp³-hybridized carbons (Fsp3) is 0.360. The Morgan fingerprint density at radius 1 is 0.943 bits per heavy atom. The number of rotatable bonds is 7. The number of anilines is 2. The molecule has 2 aliphatic heterocycles. The van der Waals surface area contributed by atoms with Gasteiger partial charge in [0.25, 0.3) is 0 Å². The van der Waals surface area contributed by atoms with Crippen molar-refractivity contribution in [3.8, 4) is 0 Å². The molecule has 0 unspecified atom stereocenters. The summed E-state index contributed by atoms with van der Waals surface area (Å²) < 4.78 is 32.0. The van der Waals surface area contributed by atoms with Crippen LogP contribution in [0.25, 0.3) is 6.08 Å². The molecule has 35 heavy (non-hydrogen) atoms. The second kappa shape index (κ2) is 11.0. The predicted molar refractivity (Wildman–Crippen MR) is 134 cm³/mol. The Bertz CT molecular complexity index is 1170. The van der Waals surface area contributed by atoms with Gasteiger partial charge >= 0.3 is 0 Å². The van der Waals surface area contributed by atoms with Gasteiger partial charge in [-0.1, -0.05) is 12.1 Å². The van der Waals surface area contributed by atoms with Crippen LogP contribution in [0.5, 0.6) is 0 Å². The number of carbonyl (C=O) groups is 2. The van der Waals surface area contributed by atoms with Gasteiger partial charge in [0, 0.05) is 49.5 Å². The van der Waals surface area contributed by atoms with Crippen molar-refractivity contribution < 1.29 is 22.7 Å². The summed E-state index contributed by atoms with van der Waals surface area (Å²) in [7, 11) is -3.54. The number of ether oxygens (including phenoxy) is 1. The van der Waals surface area contributed by atoms with E-state index in [2.05, 4.69) is 10.2 Å². The van der Waals surface area contributed by atoms with Crippen LogP contribution in [0.3, 0.4) is 0 Å². The van der Waals surface area contributed by atoms with Gasteiger partial charge in [-0.2, -0.15) is 4.31 Å². The first-order valence-corrected chi connectivity index (χ1v) is 13.1. The van der Waals surface area contributed by atoms with Gasteiger partial charge in [-0.3, -0.25) is 9.59 Å². The summed E-state index contributed by atoms with van der Waals surface area (Å²) in [5.41, 5.74) is 7.82. The quantitative estimate of drug-likeness (QED) is 0.564. The maximum atomic E-state index is 12.7. The standard InChI is InChI=1S/C25H30N4O5S/c26-25(31)20-11-13-28(14-12-20)22-6-4-21(5-7-22)27-24(30)10-3-19-1-8-23(9-2-19)35(32,33)29-15-17-34-18-16-29/h1-10,20H,11-18H2,(H2,26,31)(H,27,30)/b10-3+. The highest BCUT2D eigenvalue weighted by molar-refractivity contribution is 7.89. The van der Waals surface area contributed by atoms with Crippen molar-refractivity contribution in [2.45, 2.75) is 17.7 Å². The van der Waals surface area contributed by atoms with Crippen molar-refractivity contribution >= 4 is 39.3 Å². The van der Waals surface area contributed by atoms with Gasteiger partial charge in [0.2, 0.25) is 21.8 Å². The molecule has 2 amide bonds. The van der Waals surface area contributed by atoms with Crippen LogP contribution in [0.1, 0.15) is 18.4 Å². The van der Waals surface area contributed by atoms with E-state index in [1.54, 1.807) is 30.3 Å². The van der Waals surface area contributed by atoms with E-state index < -0.39 is 10.0 Å². The lowest BCUT2D eigenvalue weighted by molar-refractivity contribution is -0.122. The van der Waals surface area contributed by atoms with E-state index in [1.807, 2.05) is 24.3 Å². The zero-order valence-electron chi connectivity index (χ0n) is 19.4. The summed E-state index contributed by atoms with van der Waals surface area (Å²) in [4.78, 5) is 26.1. The van der Waals surface area contributed by atoms with Crippen molar-refractivity contribution in [3.05, 3.63) is 60.2 Å². The minimum atomic E-state index is -3.54. The largest absolute Gasteiger partial charge is 0.379 e. The minimum absolute atomic E-state index is 0.0537. The Kier molecular flexibility index (Phi) is 7.84. The molecular weight excluding hydrogens is 468 g/mol. The lowest BCUT2D eigenvalue weighted by Crippen LogP contribution is -2.40. The van der Waals surface area contributed by atoms with Gasteiger partial charge < -0.3 is 20.7 Å². The molecule has 9 nitrogen and oxygen atoms in total. The summed E-state index contributed by atoms with van der Waals surface area (Å²) in [6.45, 7) is 3.03. The Balaban J connectivity index is 1.30. The van der Waals surface area contributed by atoms with Gasteiger partial charge in [-0.15, -0.1) is 0 Å². The van der Waals surface area contributed by atoms with Crippen LogP contribution in [-0.4, -0.2) is 63.9 Å². The van der Waals surface area contributed by atoms with Crippen LogP contribution >= 0.6 is 0 Å². The number of nitrogens with zero attached hydrogens (tertiary/aromatic N) is 2. The first kappa shape index (κ1) is 24.9. The van der Waals surface area contributed by atoms with E-state index in [4.69, 9.17) is 10.5 Å². The van der Waals surface area contributed by atoms with E-state index >= 15 is 0 Å². The van der Waals surface area contributed by atoms with E-state index in [9.17, 15) is 18.0 Å². The SMILES string of the molecule is NC(=O)C1CCN(c2ccc(NC(=O)/C=C/c3ccc(S(=O)(=O)N4CCOCC4)cc3)cc2)CC1. The van der Waals surface area contributed by atoms with E-state index in [-0.39, 0.29) is 22.6 Å². The van der Waals surface area contributed by atoms with Gasteiger partial charge in [0.15, 0.2) is 0 Å². The highest BCUT2D eigenvalue weighted by atomic mass is 32.2. The molecule has 2 aromatic rings. The summed E-state index contributed by atoms with van der Waals surface area (Å²) in [5, 5.41) is 2.82. The molecule has 2 aliphatic rings. The lowest BCUT2D eigenvalue weighted by atomic mass is 9.96.